The Morgan fingerprint density at radius 2 is 2.33 bits per heavy atom. The van der Waals surface area contributed by atoms with Gasteiger partial charge in [-0.1, -0.05) is 6.92 Å². The van der Waals surface area contributed by atoms with Gasteiger partial charge in [-0.3, -0.25) is 10.1 Å². The Hall–Kier alpha value is -0.570. The maximum Gasteiger partial charge on any atom is 0.304 e. The lowest BCUT2D eigenvalue weighted by Gasteiger charge is -2.10. The highest BCUT2D eigenvalue weighted by atomic mass is 16.6. The van der Waals surface area contributed by atoms with Crippen LogP contribution in [0.2, 0.25) is 0 Å². The highest BCUT2D eigenvalue weighted by Crippen LogP contribution is 1.84. The van der Waals surface area contributed by atoms with Gasteiger partial charge in [-0.05, 0) is 13.5 Å². The molecular formula is C6H13NO2. The van der Waals surface area contributed by atoms with Gasteiger partial charge in [-0.15, -0.1) is 0 Å². The van der Waals surface area contributed by atoms with E-state index in [9.17, 15) is 4.79 Å². The van der Waals surface area contributed by atoms with Gasteiger partial charge in [-0.2, -0.15) is 0 Å². The highest BCUT2D eigenvalue weighted by Gasteiger charge is 2.00. The molecule has 0 saturated heterocycles. The van der Waals surface area contributed by atoms with Crippen LogP contribution < -0.4 is 5.32 Å². The minimum absolute atomic E-state index is 0.160. The minimum Gasteiger partial charge on any atom is -0.447 e. The number of ether oxygens (including phenoxy) is 1. The summed E-state index contributed by atoms with van der Waals surface area (Å²) in [6.45, 7) is 5.97. The second-order valence-electron chi connectivity index (χ2n) is 1.81. The molecule has 0 aliphatic heterocycles. The fourth-order valence-electron chi connectivity index (χ4n) is 0.578. The van der Waals surface area contributed by atoms with E-state index in [1.807, 2.05) is 6.92 Å². The van der Waals surface area contributed by atoms with E-state index in [0.29, 0.717) is 0 Å². The van der Waals surface area contributed by atoms with E-state index in [0.717, 1.165) is 6.54 Å². The molecule has 0 amide bonds. The van der Waals surface area contributed by atoms with E-state index < -0.39 is 0 Å². The smallest absolute Gasteiger partial charge is 0.304 e. The van der Waals surface area contributed by atoms with Gasteiger partial charge in [0.1, 0.15) is 6.23 Å². The molecule has 0 aliphatic carbocycles. The molecule has 0 rings (SSSR count). The summed E-state index contributed by atoms with van der Waals surface area (Å²) in [6, 6.07) is 0. The van der Waals surface area contributed by atoms with Crippen LogP contribution in [0.5, 0.6) is 0 Å². The Morgan fingerprint density at radius 1 is 1.78 bits per heavy atom. The van der Waals surface area contributed by atoms with Gasteiger partial charge < -0.3 is 4.74 Å². The first-order chi connectivity index (χ1) is 4.16. The zero-order valence-corrected chi connectivity index (χ0v) is 6.10. The molecule has 0 saturated carbocycles. The van der Waals surface area contributed by atoms with Crippen LogP contribution in [0.4, 0.5) is 0 Å². The molecule has 1 atom stereocenters. The molecule has 1 N–H and O–H groups in total. The summed E-state index contributed by atoms with van der Waals surface area (Å²) in [5.41, 5.74) is 0. The molecule has 1 unspecified atom stereocenters. The Bertz CT molecular complexity index is 93.1. The third kappa shape index (κ3) is 5.30. The Balaban J connectivity index is 3.26. The van der Waals surface area contributed by atoms with Crippen molar-refractivity contribution in [1.29, 1.82) is 0 Å². The Labute approximate surface area is 55.4 Å². The molecule has 3 nitrogen and oxygen atoms in total. The number of carbonyl (C=O) groups excluding carboxylic acids is 1. The largest absolute Gasteiger partial charge is 0.447 e. The average Bonchev–Trinajstić information content (AvgIpc) is 1.63. The number of hydrogen-bond acceptors (Lipinski definition) is 3. The maximum absolute atomic E-state index is 10.3. The molecule has 0 bridgehead atoms. The predicted octanol–water partition coefficient (Wildman–Crippen LogP) is 0.505. The molecule has 0 aliphatic rings. The normalized spacial score (nSPS) is 12.8. The van der Waals surface area contributed by atoms with Gasteiger partial charge in [0.15, 0.2) is 0 Å². The zero-order chi connectivity index (χ0) is 7.28. The third-order valence-corrected chi connectivity index (χ3v) is 0.834. The van der Waals surface area contributed by atoms with Gasteiger partial charge in [0.25, 0.3) is 0 Å². The highest BCUT2D eigenvalue weighted by molar-refractivity contribution is 5.66. The molecule has 3 heteroatoms. The summed E-state index contributed by atoms with van der Waals surface area (Å²) in [7, 11) is 0. The quantitative estimate of drug-likeness (QED) is 0.448. The van der Waals surface area contributed by atoms with E-state index in [1.165, 1.54) is 6.92 Å². The minimum atomic E-state index is -0.247. The number of nitrogens with one attached hydrogen (secondary N) is 1. The van der Waals surface area contributed by atoms with E-state index in [1.54, 1.807) is 6.92 Å². The Morgan fingerprint density at radius 3 is 2.67 bits per heavy atom. The standard InChI is InChI=1S/C6H13NO2/c1-4-7-5(2)9-6(3)8/h5,7H,4H2,1-3H3. The van der Waals surface area contributed by atoms with Crippen molar-refractivity contribution < 1.29 is 9.53 Å². The summed E-state index contributed by atoms with van der Waals surface area (Å²) in [6.07, 6.45) is -0.160. The fourth-order valence-corrected chi connectivity index (χ4v) is 0.578. The molecule has 0 radical (unpaired) electrons. The van der Waals surface area contributed by atoms with Crippen LogP contribution in [0, 0.1) is 0 Å². The van der Waals surface area contributed by atoms with Crippen molar-refractivity contribution in [2.75, 3.05) is 6.54 Å². The predicted molar refractivity (Wildman–Crippen MR) is 34.9 cm³/mol. The van der Waals surface area contributed by atoms with Gasteiger partial charge in [0.05, 0.1) is 0 Å². The van der Waals surface area contributed by atoms with Gasteiger partial charge in [0.2, 0.25) is 0 Å². The maximum atomic E-state index is 10.3. The molecule has 9 heavy (non-hydrogen) atoms. The van der Waals surface area contributed by atoms with E-state index in [-0.39, 0.29) is 12.2 Å². The molecule has 0 heterocycles. The molecule has 0 spiro atoms. The van der Waals surface area contributed by atoms with Crippen molar-refractivity contribution in [2.45, 2.75) is 27.0 Å². The fraction of sp³-hybridized carbons (Fsp3) is 0.833. The molecule has 0 fully saturated rings. The molecular weight excluding hydrogens is 118 g/mol. The second-order valence-corrected chi connectivity index (χ2v) is 1.81. The number of hydrogen-bond donors (Lipinski definition) is 1. The van der Waals surface area contributed by atoms with Crippen LogP contribution in [0.25, 0.3) is 0 Å². The monoisotopic (exact) mass is 131 g/mol. The first-order valence-electron chi connectivity index (χ1n) is 3.07. The first kappa shape index (κ1) is 8.43. The number of rotatable bonds is 3. The first-order valence-corrected chi connectivity index (χ1v) is 3.07. The second kappa shape index (κ2) is 4.32. The molecule has 0 aromatic rings. The lowest BCUT2D eigenvalue weighted by Crippen LogP contribution is -2.29. The summed E-state index contributed by atoms with van der Waals surface area (Å²) in [4.78, 5) is 10.3. The van der Waals surface area contributed by atoms with Crippen LogP contribution >= 0.6 is 0 Å². The van der Waals surface area contributed by atoms with Crippen molar-refractivity contribution in [3.8, 4) is 0 Å². The number of esters is 1. The molecule has 0 aromatic carbocycles. The molecule has 54 valence electrons. The van der Waals surface area contributed by atoms with Crippen molar-refractivity contribution in [3.63, 3.8) is 0 Å². The topological polar surface area (TPSA) is 38.3 Å². The SMILES string of the molecule is CCNC(C)OC(C)=O. The summed E-state index contributed by atoms with van der Waals surface area (Å²) in [5.74, 6) is -0.247. The van der Waals surface area contributed by atoms with Crippen LogP contribution in [0.1, 0.15) is 20.8 Å². The lowest BCUT2D eigenvalue weighted by molar-refractivity contribution is -0.146. The average molecular weight is 131 g/mol. The van der Waals surface area contributed by atoms with E-state index in [2.05, 4.69) is 5.32 Å². The summed E-state index contributed by atoms with van der Waals surface area (Å²) >= 11 is 0. The molecule has 0 aromatic heterocycles. The van der Waals surface area contributed by atoms with Crippen molar-refractivity contribution >= 4 is 5.97 Å². The van der Waals surface area contributed by atoms with Gasteiger partial charge in [0, 0.05) is 6.92 Å². The van der Waals surface area contributed by atoms with Crippen LogP contribution in [0.15, 0.2) is 0 Å². The van der Waals surface area contributed by atoms with Crippen LogP contribution in [-0.4, -0.2) is 18.7 Å². The Kier molecular flexibility index (Phi) is 4.05. The zero-order valence-electron chi connectivity index (χ0n) is 6.10. The lowest BCUT2D eigenvalue weighted by atomic mass is 10.6. The van der Waals surface area contributed by atoms with Gasteiger partial charge >= 0.3 is 5.97 Å². The third-order valence-electron chi connectivity index (χ3n) is 0.834. The van der Waals surface area contributed by atoms with Crippen molar-refractivity contribution in [3.05, 3.63) is 0 Å². The summed E-state index contributed by atoms with van der Waals surface area (Å²) < 4.78 is 4.74. The van der Waals surface area contributed by atoms with Crippen LogP contribution in [-0.2, 0) is 9.53 Å². The van der Waals surface area contributed by atoms with Crippen molar-refractivity contribution in [2.24, 2.45) is 0 Å². The van der Waals surface area contributed by atoms with Crippen molar-refractivity contribution in [1.82, 2.24) is 5.32 Å². The number of carbonyl (C=O) groups is 1. The summed E-state index contributed by atoms with van der Waals surface area (Å²) in [5, 5.41) is 2.93. The van der Waals surface area contributed by atoms with Crippen LogP contribution in [0.3, 0.4) is 0 Å². The van der Waals surface area contributed by atoms with E-state index >= 15 is 0 Å². The van der Waals surface area contributed by atoms with E-state index in [4.69, 9.17) is 4.74 Å². The van der Waals surface area contributed by atoms with Gasteiger partial charge in [-0.25, -0.2) is 0 Å².